The molecule has 7 nitrogen and oxygen atoms in total. The Morgan fingerprint density at radius 1 is 1.27 bits per heavy atom. The first-order valence-electron chi connectivity index (χ1n) is 8.54. The van der Waals surface area contributed by atoms with Gasteiger partial charge in [0.15, 0.2) is 24.2 Å². The number of morpholine rings is 1. The number of amides is 1. The Morgan fingerprint density at radius 2 is 2.00 bits per heavy atom. The van der Waals surface area contributed by atoms with E-state index in [0.717, 1.165) is 5.56 Å². The van der Waals surface area contributed by atoms with Crippen molar-refractivity contribution in [3.05, 3.63) is 29.8 Å². The Bertz CT molecular complexity index is 651. The highest BCUT2D eigenvalue weighted by Gasteiger charge is 2.25. The van der Waals surface area contributed by atoms with Gasteiger partial charge in [0.25, 0.3) is 5.91 Å². The summed E-state index contributed by atoms with van der Waals surface area (Å²) in [6.07, 6.45) is 2.99. The molecule has 1 aromatic carbocycles. The predicted molar refractivity (Wildman–Crippen MR) is 96.2 cm³/mol. The van der Waals surface area contributed by atoms with Crippen molar-refractivity contribution in [3.8, 4) is 11.5 Å². The zero-order valence-corrected chi connectivity index (χ0v) is 15.4. The van der Waals surface area contributed by atoms with E-state index in [0.29, 0.717) is 37.8 Å². The van der Waals surface area contributed by atoms with Crippen LogP contribution in [0.15, 0.2) is 24.3 Å². The minimum Gasteiger partial charge on any atom is -0.493 e. The summed E-state index contributed by atoms with van der Waals surface area (Å²) in [6, 6.07) is 5.39. The second kappa shape index (κ2) is 9.82. The van der Waals surface area contributed by atoms with Crippen LogP contribution in [-0.2, 0) is 19.1 Å². The summed E-state index contributed by atoms with van der Waals surface area (Å²) in [5, 5.41) is 0. The van der Waals surface area contributed by atoms with Crippen molar-refractivity contribution >= 4 is 18.0 Å². The van der Waals surface area contributed by atoms with Gasteiger partial charge in [-0.05, 0) is 31.5 Å². The molecule has 0 aromatic heterocycles. The van der Waals surface area contributed by atoms with Crippen molar-refractivity contribution in [1.29, 1.82) is 0 Å². The van der Waals surface area contributed by atoms with E-state index in [1.54, 1.807) is 17.9 Å². The number of carbonyl (C=O) groups excluding carboxylic acids is 2. The molecule has 0 N–H and O–H groups in total. The molecule has 1 aliphatic rings. The molecule has 0 spiro atoms. The lowest BCUT2D eigenvalue weighted by Gasteiger charge is -2.28. The number of hydrogen-bond donors (Lipinski definition) is 0. The zero-order chi connectivity index (χ0) is 18.9. The van der Waals surface area contributed by atoms with Crippen LogP contribution < -0.4 is 9.47 Å². The molecule has 142 valence electrons. The fraction of sp³-hybridized carbons (Fsp3) is 0.474. The standard InChI is InChI=1S/C19H25NO6/c1-4-5-15-6-7-16(17(12-15)23-3)25-13-18(21)26-14(2)19(22)20-8-10-24-11-9-20/h4-7,12,14H,8-11,13H2,1-3H3/b5-4-/t14-/m0/s1. The van der Waals surface area contributed by atoms with Gasteiger partial charge in [0.05, 0.1) is 20.3 Å². The quantitative estimate of drug-likeness (QED) is 0.689. The molecule has 26 heavy (non-hydrogen) atoms. The van der Waals surface area contributed by atoms with Crippen LogP contribution in [0.2, 0.25) is 0 Å². The molecule has 1 heterocycles. The summed E-state index contributed by atoms with van der Waals surface area (Å²) in [5.74, 6) is 0.115. The maximum absolute atomic E-state index is 12.2. The minimum atomic E-state index is -0.858. The summed E-state index contributed by atoms with van der Waals surface area (Å²) < 4.78 is 21.1. The van der Waals surface area contributed by atoms with Crippen molar-refractivity contribution in [2.24, 2.45) is 0 Å². The largest absolute Gasteiger partial charge is 0.493 e. The summed E-state index contributed by atoms with van der Waals surface area (Å²) in [5.41, 5.74) is 0.962. The van der Waals surface area contributed by atoms with Crippen LogP contribution in [0.4, 0.5) is 0 Å². The lowest BCUT2D eigenvalue weighted by molar-refractivity contribution is -0.162. The van der Waals surface area contributed by atoms with Crippen molar-refractivity contribution in [2.45, 2.75) is 20.0 Å². The predicted octanol–water partition coefficient (Wildman–Crippen LogP) is 1.90. The number of benzene rings is 1. The van der Waals surface area contributed by atoms with Crippen LogP contribution in [0.1, 0.15) is 19.4 Å². The van der Waals surface area contributed by atoms with Gasteiger partial charge in [-0.2, -0.15) is 0 Å². The topological polar surface area (TPSA) is 74.3 Å². The second-order valence-corrected chi connectivity index (χ2v) is 5.77. The van der Waals surface area contributed by atoms with Crippen molar-refractivity contribution in [2.75, 3.05) is 40.0 Å². The molecular weight excluding hydrogens is 338 g/mol. The first-order chi connectivity index (χ1) is 12.5. The number of esters is 1. The molecule has 0 unspecified atom stereocenters. The van der Waals surface area contributed by atoms with E-state index in [-0.39, 0.29) is 12.5 Å². The first-order valence-corrected chi connectivity index (χ1v) is 8.54. The van der Waals surface area contributed by atoms with E-state index in [4.69, 9.17) is 18.9 Å². The molecule has 7 heteroatoms. The van der Waals surface area contributed by atoms with E-state index in [1.165, 1.54) is 7.11 Å². The first kappa shape index (κ1) is 19.8. The maximum atomic E-state index is 12.2. The highest BCUT2D eigenvalue weighted by atomic mass is 16.6. The lowest BCUT2D eigenvalue weighted by Crippen LogP contribution is -2.46. The van der Waals surface area contributed by atoms with Gasteiger partial charge < -0.3 is 23.8 Å². The summed E-state index contributed by atoms with van der Waals surface area (Å²) in [4.78, 5) is 25.9. The minimum absolute atomic E-state index is 0.227. The number of hydrogen-bond acceptors (Lipinski definition) is 6. The Morgan fingerprint density at radius 3 is 2.65 bits per heavy atom. The average Bonchev–Trinajstić information content (AvgIpc) is 2.67. The third-order valence-corrected chi connectivity index (χ3v) is 3.87. The number of carbonyl (C=O) groups is 2. The Kier molecular flexibility index (Phi) is 7.47. The highest BCUT2D eigenvalue weighted by Crippen LogP contribution is 2.28. The van der Waals surface area contributed by atoms with Crippen LogP contribution in [0, 0.1) is 0 Å². The molecule has 1 aliphatic heterocycles. The van der Waals surface area contributed by atoms with E-state index in [1.807, 2.05) is 31.2 Å². The van der Waals surface area contributed by atoms with Crippen LogP contribution >= 0.6 is 0 Å². The molecule has 1 amide bonds. The second-order valence-electron chi connectivity index (χ2n) is 5.77. The normalized spacial score (nSPS) is 15.6. The molecular formula is C19H25NO6. The van der Waals surface area contributed by atoms with Crippen molar-refractivity contribution in [1.82, 2.24) is 4.90 Å². The molecule has 2 rings (SSSR count). The fourth-order valence-electron chi connectivity index (χ4n) is 2.56. The van der Waals surface area contributed by atoms with E-state index in [9.17, 15) is 9.59 Å². The third kappa shape index (κ3) is 5.49. The van der Waals surface area contributed by atoms with Gasteiger partial charge in [0.2, 0.25) is 0 Å². The number of allylic oxidation sites excluding steroid dienone is 1. The highest BCUT2D eigenvalue weighted by molar-refractivity contribution is 5.83. The van der Waals surface area contributed by atoms with Crippen molar-refractivity contribution < 1.29 is 28.5 Å². The van der Waals surface area contributed by atoms with Gasteiger partial charge >= 0.3 is 5.97 Å². The Hall–Kier alpha value is -2.54. The smallest absolute Gasteiger partial charge is 0.344 e. The van der Waals surface area contributed by atoms with Gasteiger partial charge in [-0.1, -0.05) is 18.2 Å². The monoisotopic (exact) mass is 363 g/mol. The zero-order valence-electron chi connectivity index (χ0n) is 15.4. The fourth-order valence-corrected chi connectivity index (χ4v) is 2.56. The molecule has 1 aromatic rings. The van der Waals surface area contributed by atoms with E-state index >= 15 is 0 Å². The number of rotatable bonds is 7. The summed E-state index contributed by atoms with van der Waals surface area (Å²) in [7, 11) is 1.53. The molecule has 0 radical (unpaired) electrons. The van der Waals surface area contributed by atoms with Crippen LogP contribution in [-0.4, -0.2) is 62.9 Å². The van der Waals surface area contributed by atoms with E-state index < -0.39 is 12.1 Å². The van der Waals surface area contributed by atoms with Gasteiger partial charge in [-0.3, -0.25) is 4.79 Å². The average molecular weight is 363 g/mol. The van der Waals surface area contributed by atoms with Gasteiger partial charge in [0, 0.05) is 13.1 Å². The molecule has 1 fully saturated rings. The summed E-state index contributed by atoms with van der Waals surface area (Å²) in [6.45, 7) is 5.19. The van der Waals surface area contributed by atoms with Gasteiger partial charge in [-0.15, -0.1) is 0 Å². The molecule has 0 aliphatic carbocycles. The Labute approximate surface area is 153 Å². The SMILES string of the molecule is C/C=C\c1ccc(OCC(=O)O[C@@H](C)C(=O)N2CCOCC2)c(OC)c1. The Balaban J connectivity index is 1.87. The molecule has 1 atom stereocenters. The van der Waals surface area contributed by atoms with Crippen LogP contribution in [0.5, 0.6) is 11.5 Å². The number of methoxy groups -OCH3 is 1. The molecule has 0 saturated carbocycles. The van der Waals surface area contributed by atoms with Crippen LogP contribution in [0.3, 0.4) is 0 Å². The van der Waals surface area contributed by atoms with Crippen molar-refractivity contribution in [3.63, 3.8) is 0 Å². The van der Waals surface area contributed by atoms with Crippen LogP contribution in [0.25, 0.3) is 6.08 Å². The number of ether oxygens (including phenoxy) is 4. The third-order valence-electron chi connectivity index (χ3n) is 3.87. The van der Waals surface area contributed by atoms with Gasteiger partial charge in [0.1, 0.15) is 0 Å². The molecule has 0 bridgehead atoms. The maximum Gasteiger partial charge on any atom is 0.344 e. The van der Waals surface area contributed by atoms with Gasteiger partial charge in [-0.25, -0.2) is 4.79 Å². The number of nitrogens with zero attached hydrogens (tertiary/aromatic N) is 1. The summed E-state index contributed by atoms with van der Waals surface area (Å²) >= 11 is 0. The van der Waals surface area contributed by atoms with E-state index in [2.05, 4.69) is 0 Å². The lowest BCUT2D eigenvalue weighted by atomic mass is 10.2. The molecule has 1 saturated heterocycles.